The van der Waals surface area contributed by atoms with Crippen molar-refractivity contribution in [1.29, 1.82) is 0 Å². The van der Waals surface area contributed by atoms with Crippen LogP contribution in [-0.2, 0) is 9.47 Å². The van der Waals surface area contributed by atoms with E-state index in [0.717, 1.165) is 18.1 Å². The van der Waals surface area contributed by atoms with Crippen molar-refractivity contribution in [3.8, 4) is 0 Å². The van der Waals surface area contributed by atoms with Gasteiger partial charge in [-0.15, -0.1) is 0 Å². The average Bonchev–Trinajstić information content (AvgIpc) is 2.74. The van der Waals surface area contributed by atoms with E-state index in [2.05, 4.69) is 13.8 Å². The molecule has 0 bridgehead atoms. The van der Waals surface area contributed by atoms with Crippen LogP contribution in [0.1, 0.15) is 51.4 Å². The summed E-state index contributed by atoms with van der Waals surface area (Å²) in [4.78, 5) is 0. The lowest BCUT2D eigenvalue weighted by Gasteiger charge is -2.36. The maximum absolute atomic E-state index is 13.4. The minimum Gasteiger partial charge on any atom is -0.348 e. The fourth-order valence-electron chi connectivity index (χ4n) is 4.04. The molecule has 1 aliphatic carbocycles. The molecular weight excluding hydrogens is 317 g/mol. The van der Waals surface area contributed by atoms with Gasteiger partial charge >= 0.3 is 0 Å². The van der Waals surface area contributed by atoms with Crippen LogP contribution in [0.15, 0.2) is 12.1 Å². The third kappa shape index (κ3) is 3.77. The number of hydrogen-bond acceptors (Lipinski definition) is 2. The van der Waals surface area contributed by atoms with Crippen LogP contribution in [0.2, 0.25) is 0 Å². The molecule has 3 rings (SSSR count). The molecule has 134 valence electrons. The molecule has 0 aromatic heterocycles. The molecule has 0 radical (unpaired) electrons. The minimum atomic E-state index is -1.46. The fraction of sp³-hybridized carbons (Fsp3) is 0.684. The van der Waals surface area contributed by atoms with E-state index < -0.39 is 23.7 Å². The third-order valence-corrected chi connectivity index (χ3v) is 5.65. The molecule has 3 atom stereocenters. The lowest BCUT2D eigenvalue weighted by Crippen LogP contribution is -2.35. The molecule has 24 heavy (non-hydrogen) atoms. The topological polar surface area (TPSA) is 18.5 Å². The summed E-state index contributed by atoms with van der Waals surface area (Å²) >= 11 is 0. The van der Waals surface area contributed by atoms with E-state index in [9.17, 15) is 13.2 Å². The van der Waals surface area contributed by atoms with E-state index in [1.807, 2.05) is 0 Å². The maximum Gasteiger partial charge on any atom is 0.194 e. The van der Waals surface area contributed by atoms with E-state index >= 15 is 0 Å². The van der Waals surface area contributed by atoms with Crippen LogP contribution in [0.4, 0.5) is 13.2 Å². The molecule has 1 saturated carbocycles. The van der Waals surface area contributed by atoms with Crippen molar-refractivity contribution in [2.75, 3.05) is 13.2 Å². The molecule has 1 saturated heterocycles. The van der Waals surface area contributed by atoms with Gasteiger partial charge in [0.15, 0.2) is 23.7 Å². The molecule has 2 nitrogen and oxygen atoms in total. The summed E-state index contributed by atoms with van der Waals surface area (Å²) in [6.45, 7) is 5.61. The van der Waals surface area contributed by atoms with Gasteiger partial charge in [-0.05, 0) is 36.3 Å². The molecule has 1 aromatic rings. The van der Waals surface area contributed by atoms with Crippen molar-refractivity contribution < 1.29 is 22.6 Å². The second kappa shape index (κ2) is 7.44. The Morgan fingerprint density at radius 1 is 0.875 bits per heavy atom. The van der Waals surface area contributed by atoms with Gasteiger partial charge < -0.3 is 9.47 Å². The lowest BCUT2D eigenvalue weighted by molar-refractivity contribution is -0.216. The zero-order valence-electron chi connectivity index (χ0n) is 14.2. The van der Waals surface area contributed by atoms with Crippen LogP contribution in [0.5, 0.6) is 0 Å². The Bertz CT molecular complexity index is 547. The average molecular weight is 342 g/mol. The monoisotopic (exact) mass is 342 g/mol. The predicted molar refractivity (Wildman–Crippen MR) is 84.7 cm³/mol. The summed E-state index contributed by atoms with van der Waals surface area (Å²) in [5.74, 6) is -1.65. The molecule has 2 unspecified atom stereocenters. The van der Waals surface area contributed by atoms with Gasteiger partial charge in [-0.3, -0.25) is 0 Å². The van der Waals surface area contributed by atoms with Gasteiger partial charge in [0.05, 0.1) is 13.2 Å². The first-order valence-corrected chi connectivity index (χ1v) is 8.83. The highest BCUT2D eigenvalue weighted by atomic mass is 19.2. The van der Waals surface area contributed by atoms with Gasteiger partial charge in [-0.25, -0.2) is 13.2 Å². The molecule has 0 spiro atoms. The molecule has 1 heterocycles. The van der Waals surface area contributed by atoms with Crippen molar-refractivity contribution in [1.82, 2.24) is 0 Å². The normalized spacial score (nSPS) is 34.8. The largest absolute Gasteiger partial charge is 0.348 e. The molecule has 0 amide bonds. The van der Waals surface area contributed by atoms with Gasteiger partial charge in [0.2, 0.25) is 0 Å². The fourth-order valence-corrected chi connectivity index (χ4v) is 4.04. The number of halogens is 3. The van der Waals surface area contributed by atoms with Crippen molar-refractivity contribution in [2.24, 2.45) is 23.7 Å². The smallest absolute Gasteiger partial charge is 0.194 e. The second-order valence-electron chi connectivity index (χ2n) is 7.46. The zero-order valence-corrected chi connectivity index (χ0v) is 14.2. The summed E-state index contributed by atoms with van der Waals surface area (Å²) in [5, 5.41) is 0. The van der Waals surface area contributed by atoms with E-state index in [-0.39, 0.29) is 5.56 Å². The van der Waals surface area contributed by atoms with Gasteiger partial charge in [0.25, 0.3) is 0 Å². The number of ether oxygens (including phenoxy) is 2. The number of rotatable bonds is 2. The van der Waals surface area contributed by atoms with Crippen LogP contribution in [0.25, 0.3) is 0 Å². The highest BCUT2D eigenvalue weighted by Crippen LogP contribution is 2.39. The Morgan fingerprint density at radius 3 is 2.08 bits per heavy atom. The van der Waals surface area contributed by atoms with E-state index in [1.165, 1.54) is 25.7 Å². The summed E-state index contributed by atoms with van der Waals surface area (Å²) in [5.41, 5.74) is 0.187. The molecule has 2 aliphatic rings. The van der Waals surface area contributed by atoms with Gasteiger partial charge in [-0.1, -0.05) is 33.1 Å². The SMILES string of the molecule is CC1CCC(C2COC(c3cc(F)c(F)c(F)c3)OC2)[C@@H](C)CC1. The van der Waals surface area contributed by atoms with Crippen LogP contribution < -0.4 is 0 Å². The minimum absolute atomic E-state index is 0.187. The van der Waals surface area contributed by atoms with Crippen LogP contribution in [0.3, 0.4) is 0 Å². The molecular formula is C19H25F3O2. The van der Waals surface area contributed by atoms with Gasteiger partial charge in [0.1, 0.15) is 0 Å². The number of benzene rings is 1. The Hall–Kier alpha value is -1.07. The first-order chi connectivity index (χ1) is 11.5. The first-order valence-electron chi connectivity index (χ1n) is 8.83. The molecule has 0 N–H and O–H groups in total. The van der Waals surface area contributed by atoms with Crippen LogP contribution >= 0.6 is 0 Å². The lowest BCUT2D eigenvalue weighted by atomic mass is 9.79. The standard InChI is InChI=1S/C19H25F3O2/c1-11-3-5-12(2)15(6-4-11)14-9-23-19(24-10-14)13-7-16(20)18(22)17(21)8-13/h7-8,11-12,14-15,19H,3-6,9-10H2,1-2H3/t11?,12-,14?,15?,19?/m0/s1. The van der Waals surface area contributed by atoms with Gasteiger partial charge in [0, 0.05) is 11.5 Å². The van der Waals surface area contributed by atoms with E-state index in [4.69, 9.17) is 9.47 Å². The van der Waals surface area contributed by atoms with Crippen molar-refractivity contribution in [2.45, 2.75) is 45.8 Å². The van der Waals surface area contributed by atoms with Crippen LogP contribution in [0, 0.1) is 41.1 Å². The van der Waals surface area contributed by atoms with Gasteiger partial charge in [-0.2, -0.15) is 0 Å². The zero-order chi connectivity index (χ0) is 17.3. The maximum atomic E-state index is 13.4. The summed E-state index contributed by atoms with van der Waals surface area (Å²) in [6, 6.07) is 1.89. The summed E-state index contributed by atoms with van der Waals surface area (Å²) < 4.78 is 51.2. The number of hydrogen-bond donors (Lipinski definition) is 0. The second-order valence-corrected chi connectivity index (χ2v) is 7.46. The van der Waals surface area contributed by atoms with Crippen molar-refractivity contribution >= 4 is 0 Å². The Balaban J connectivity index is 1.63. The Labute approximate surface area is 141 Å². The highest BCUT2D eigenvalue weighted by Gasteiger charge is 2.34. The summed E-state index contributed by atoms with van der Waals surface area (Å²) in [6.07, 6.45) is 4.06. The molecule has 2 fully saturated rings. The van der Waals surface area contributed by atoms with Crippen LogP contribution in [-0.4, -0.2) is 13.2 Å². The quantitative estimate of drug-likeness (QED) is 0.541. The van der Waals surface area contributed by atoms with Crippen molar-refractivity contribution in [3.05, 3.63) is 35.1 Å². The van der Waals surface area contributed by atoms with Crippen molar-refractivity contribution in [3.63, 3.8) is 0 Å². The summed E-state index contributed by atoms with van der Waals surface area (Å²) in [7, 11) is 0. The molecule has 1 aromatic carbocycles. The third-order valence-electron chi connectivity index (χ3n) is 5.65. The van der Waals surface area contributed by atoms with E-state index in [0.29, 0.717) is 31.0 Å². The Kier molecular flexibility index (Phi) is 5.50. The first kappa shape index (κ1) is 17.7. The molecule has 5 heteroatoms. The Morgan fingerprint density at radius 2 is 1.46 bits per heavy atom. The highest BCUT2D eigenvalue weighted by molar-refractivity contribution is 5.20. The predicted octanol–water partition coefficient (Wildman–Crippen LogP) is 5.23. The molecule has 1 aliphatic heterocycles. The van der Waals surface area contributed by atoms with E-state index in [1.54, 1.807) is 0 Å².